The summed E-state index contributed by atoms with van der Waals surface area (Å²) in [6.45, 7) is 0.553. The number of benzene rings is 1. The minimum Gasteiger partial charge on any atom is -0.380 e. The van der Waals surface area contributed by atoms with Gasteiger partial charge in [-0.15, -0.1) is 0 Å². The summed E-state index contributed by atoms with van der Waals surface area (Å²) in [4.78, 5) is 3.91. The maximum atomic E-state index is 8.76. The maximum Gasteiger partial charge on any atom is 0.140 e. The molecule has 2 aromatic rings. The maximum absolute atomic E-state index is 8.76. The van der Waals surface area contributed by atoms with Crippen LogP contribution in [0.25, 0.3) is 0 Å². The number of hydrogen-bond acceptors (Lipinski definition) is 3. The lowest BCUT2D eigenvalue weighted by molar-refractivity contribution is 1.12. The first kappa shape index (κ1) is 12.7. The Kier molecular flexibility index (Phi) is 4.03. The van der Waals surface area contributed by atoms with Crippen molar-refractivity contribution in [2.75, 3.05) is 5.32 Å². The molecule has 0 atom stereocenters. The van der Waals surface area contributed by atoms with E-state index >= 15 is 0 Å². The van der Waals surface area contributed by atoms with Crippen molar-refractivity contribution >= 4 is 28.9 Å². The van der Waals surface area contributed by atoms with Gasteiger partial charge in [0.2, 0.25) is 0 Å². The van der Waals surface area contributed by atoms with Crippen LogP contribution in [0.3, 0.4) is 0 Å². The van der Waals surface area contributed by atoms with Crippen LogP contribution in [0.1, 0.15) is 11.3 Å². The van der Waals surface area contributed by atoms with Gasteiger partial charge in [0.15, 0.2) is 0 Å². The number of nitriles is 1. The lowest BCUT2D eigenvalue weighted by Crippen LogP contribution is -2.00. The molecule has 0 saturated heterocycles. The number of nitrogens with one attached hydrogen (secondary N) is 1. The Bertz CT molecular complexity index is 605. The molecule has 1 aromatic heterocycles. The Hall–Kier alpha value is -1.76. The summed E-state index contributed by atoms with van der Waals surface area (Å²) in [5.74, 6) is 0. The molecule has 0 spiro atoms. The normalized spacial score (nSPS) is 9.83. The molecule has 1 aromatic carbocycles. The van der Waals surface area contributed by atoms with E-state index in [0.29, 0.717) is 22.3 Å². The zero-order valence-electron chi connectivity index (χ0n) is 9.32. The number of hydrogen-bond donors (Lipinski definition) is 1. The first-order valence-corrected chi connectivity index (χ1v) is 5.99. The molecule has 5 heteroatoms. The smallest absolute Gasteiger partial charge is 0.140 e. The molecule has 0 radical (unpaired) electrons. The Morgan fingerprint density at radius 2 is 2.11 bits per heavy atom. The van der Waals surface area contributed by atoms with Crippen LogP contribution in [0.5, 0.6) is 0 Å². The lowest BCUT2D eigenvalue weighted by Gasteiger charge is -2.09. The van der Waals surface area contributed by atoms with Crippen molar-refractivity contribution in [2.45, 2.75) is 6.54 Å². The van der Waals surface area contributed by atoms with Gasteiger partial charge in [0.1, 0.15) is 11.8 Å². The summed E-state index contributed by atoms with van der Waals surface area (Å²) < 4.78 is 0. The fourth-order valence-corrected chi connectivity index (χ4v) is 1.85. The monoisotopic (exact) mass is 277 g/mol. The summed E-state index contributed by atoms with van der Waals surface area (Å²) in [7, 11) is 0. The summed E-state index contributed by atoms with van der Waals surface area (Å²) >= 11 is 12.0. The second-order valence-corrected chi connectivity index (χ2v) is 4.40. The highest BCUT2D eigenvalue weighted by molar-refractivity contribution is 6.43. The van der Waals surface area contributed by atoms with Gasteiger partial charge < -0.3 is 5.32 Å². The van der Waals surface area contributed by atoms with Crippen molar-refractivity contribution in [3.8, 4) is 6.07 Å². The number of rotatable bonds is 3. The Morgan fingerprint density at radius 3 is 2.89 bits per heavy atom. The molecule has 0 aliphatic rings. The molecule has 0 saturated carbocycles. The summed E-state index contributed by atoms with van der Waals surface area (Å²) in [6, 6.07) is 11.0. The van der Waals surface area contributed by atoms with E-state index in [-0.39, 0.29) is 0 Å². The highest BCUT2D eigenvalue weighted by Crippen LogP contribution is 2.29. The fraction of sp³-hybridized carbons (Fsp3) is 0.0769. The molecule has 0 unspecified atom stereocenters. The van der Waals surface area contributed by atoms with Gasteiger partial charge in [0.05, 0.1) is 15.7 Å². The van der Waals surface area contributed by atoms with Gasteiger partial charge in [-0.1, -0.05) is 29.3 Å². The van der Waals surface area contributed by atoms with Crippen molar-refractivity contribution in [3.05, 3.63) is 57.8 Å². The minimum absolute atomic E-state index is 0.395. The van der Waals surface area contributed by atoms with Crippen LogP contribution in [0.2, 0.25) is 10.0 Å². The van der Waals surface area contributed by atoms with E-state index in [0.717, 1.165) is 11.3 Å². The first-order valence-electron chi connectivity index (χ1n) is 5.23. The zero-order valence-corrected chi connectivity index (χ0v) is 10.8. The van der Waals surface area contributed by atoms with Crippen LogP contribution in [0, 0.1) is 11.3 Å². The van der Waals surface area contributed by atoms with Crippen LogP contribution >= 0.6 is 23.2 Å². The Balaban J connectivity index is 2.12. The lowest BCUT2D eigenvalue weighted by atomic mass is 10.2. The molecule has 1 N–H and O–H groups in total. The molecule has 18 heavy (non-hydrogen) atoms. The van der Waals surface area contributed by atoms with Gasteiger partial charge in [-0.2, -0.15) is 5.26 Å². The second-order valence-electron chi connectivity index (χ2n) is 3.62. The largest absolute Gasteiger partial charge is 0.380 e. The Labute approximate surface area is 115 Å². The van der Waals surface area contributed by atoms with Gasteiger partial charge in [0, 0.05) is 12.7 Å². The molecule has 0 fully saturated rings. The Morgan fingerprint density at radius 1 is 1.28 bits per heavy atom. The van der Waals surface area contributed by atoms with Crippen LogP contribution < -0.4 is 5.32 Å². The average Bonchev–Trinajstić information content (AvgIpc) is 2.41. The highest BCUT2D eigenvalue weighted by Gasteiger charge is 2.04. The van der Waals surface area contributed by atoms with E-state index in [4.69, 9.17) is 28.5 Å². The number of halogens is 2. The van der Waals surface area contributed by atoms with E-state index in [1.54, 1.807) is 18.3 Å². The van der Waals surface area contributed by atoms with Gasteiger partial charge >= 0.3 is 0 Å². The SMILES string of the molecule is N#Cc1cc(CNc2cccc(Cl)c2Cl)ccn1. The summed E-state index contributed by atoms with van der Waals surface area (Å²) in [6.07, 6.45) is 1.61. The van der Waals surface area contributed by atoms with Crippen LogP contribution in [-0.2, 0) is 6.54 Å². The van der Waals surface area contributed by atoms with Crippen molar-refractivity contribution < 1.29 is 0 Å². The third-order valence-corrected chi connectivity index (χ3v) is 3.19. The number of nitrogens with zero attached hydrogens (tertiary/aromatic N) is 2. The third-order valence-electron chi connectivity index (χ3n) is 2.37. The number of anilines is 1. The second kappa shape index (κ2) is 5.72. The predicted molar refractivity (Wildman–Crippen MR) is 72.7 cm³/mol. The quantitative estimate of drug-likeness (QED) is 0.927. The van der Waals surface area contributed by atoms with Crippen molar-refractivity contribution in [1.82, 2.24) is 4.98 Å². The number of aromatic nitrogens is 1. The van der Waals surface area contributed by atoms with E-state index in [2.05, 4.69) is 10.3 Å². The fourth-order valence-electron chi connectivity index (χ4n) is 1.48. The zero-order chi connectivity index (χ0) is 13.0. The molecule has 3 nitrogen and oxygen atoms in total. The van der Waals surface area contributed by atoms with E-state index in [1.165, 1.54) is 0 Å². The number of pyridine rings is 1. The van der Waals surface area contributed by atoms with Crippen LogP contribution in [0.15, 0.2) is 36.5 Å². The van der Waals surface area contributed by atoms with E-state index < -0.39 is 0 Å². The van der Waals surface area contributed by atoms with Crippen molar-refractivity contribution in [1.29, 1.82) is 5.26 Å². The molecular weight excluding hydrogens is 269 g/mol. The molecule has 0 bridgehead atoms. The van der Waals surface area contributed by atoms with Crippen LogP contribution in [-0.4, -0.2) is 4.98 Å². The van der Waals surface area contributed by atoms with E-state index in [9.17, 15) is 0 Å². The van der Waals surface area contributed by atoms with E-state index in [1.807, 2.05) is 24.3 Å². The molecule has 1 heterocycles. The first-order chi connectivity index (χ1) is 8.70. The average molecular weight is 278 g/mol. The summed E-state index contributed by atoms with van der Waals surface area (Å²) in [5, 5.41) is 12.9. The molecule has 0 aliphatic heterocycles. The highest BCUT2D eigenvalue weighted by atomic mass is 35.5. The molecule has 90 valence electrons. The van der Waals surface area contributed by atoms with Gasteiger partial charge in [0.25, 0.3) is 0 Å². The van der Waals surface area contributed by atoms with Gasteiger partial charge in [-0.25, -0.2) is 4.98 Å². The molecule has 0 amide bonds. The van der Waals surface area contributed by atoms with Gasteiger partial charge in [-0.05, 0) is 29.8 Å². The third kappa shape index (κ3) is 2.92. The van der Waals surface area contributed by atoms with Gasteiger partial charge in [-0.3, -0.25) is 0 Å². The topological polar surface area (TPSA) is 48.7 Å². The molecule has 0 aliphatic carbocycles. The standard InChI is InChI=1S/C13H9Cl2N3/c14-11-2-1-3-12(13(11)15)18-8-9-4-5-17-10(6-9)7-16/h1-6,18H,8H2. The summed E-state index contributed by atoms with van der Waals surface area (Å²) in [5.41, 5.74) is 2.11. The molecular formula is C13H9Cl2N3. The van der Waals surface area contributed by atoms with Crippen molar-refractivity contribution in [2.24, 2.45) is 0 Å². The van der Waals surface area contributed by atoms with Crippen molar-refractivity contribution in [3.63, 3.8) is 0 Å². The predicted octanol–water partition coefficient (Wildman–Crippen LogP) is 3.87. The molecule has 2 rings (SSSR count). The minimum atomic E-state index is 0.395. The van der Waals surface area contributed by atoms with Crippen LogP contribution in [0.4, 0.5) is 5.69 Å².